The summed E-state index contributed by atoms with van der Waals surface area (Å²) in [6, 6.07) is 3.67. The molecule has 0 aliphatic rings. The Kier molecular flexibility index (Phi) is 2.90. The number of amides is 1. The highest BCUT2D eigenvalue weighted by Gasteiger charge is 2.12. The van der Waals surface area contributed by atoms with Crippen molar-refractivity contribution in [3.8, 4) is 0 Å². The zero-order valence-electron chi connectivity index (χ0n) is 8.67. The van der Waals surface area contributed by atoms with Gasteiger partial charge in [0.1, 0.15) is 0 Å². The molecular formula is C10H10N4O2. The molecule has 0 fully saturated rings. The molecule has 6 nitrogen and oxygen atoms in total. The van der Waals surface area contributed by atoms with Crippen LogP contribution in [-0.4, -0.2) is 21.0 Å². The lowest BCUT2D eigenvalue weighted by molar-refractivity contribution is 0.0907. The number of nitrogens with zero attached hydrogens (tertiary/aromatic N) is 3. The van der Waals surface area contributed by atoms with E-state index in [-0.39, 0.29) is 11.8 Å². The number of hydrogen-bond donors (Lipinski definition) is 1. The molecule has 16 heavy (non-hydrogen) atoms. The molecule has 0 bridgehead atoms. The van der Waals surface area contributed by atoms with Crippen molar-refractivity contribution in [3.05, 3.63) is 41.8 Å². The Morgan fingerprint density at radius 1 is 1.56 bits per heavy atom. The largest absolute Gasteiger partial charge is 0.344 e. The first-order chi connectivity index (χ1) is 7.75. The molecule has 1 N–H and O–H groups in total. The van der Waals surface area contributed by atoms with Crippen molar-refractivity contribution in [3.63, 3.8) is 0 Å². The van der Waals surface area contributed by atoms with E-state index in [1.165, 1.54) is 0 Å². The minimum absolute atomic E-state index is 0.0265. The Morgan fingerprint density at radius 3 is 3.06 bits per heavy atom. The molecule has 0 saturated carbocycles. The van der Waals surface area contributed by atoms with Crippen molar-refractivity contribution in [1.29, 1.82) is 0 Å². The highest BCUT2D eigenvalue weighted by atomic mass is 16.5. The molecular weight excluding hydrogens is 208 g/mol. The van der Waals surface area contributed by atoms with Crippen molar-refractivity contribution >= 4 is 5.91 Å². The molecule has 0 aliphatic carbocycles. The van der Waals surface area contributed by atoms with Gasteiger partial charge in [0, 0.05) is 18.9 Å². The molecule has 2 aromatic heterocycles. The second-order valence-corrected chi connectivity index (χ2v) is 3.19. The summed E-state index contributed by atoms with van der Waals surface area (Å²) in [4.78, 5) is 19.3. The van der Waals surface area contributed by atoms with Crippen molar-refractivity contribution in [1.82, 2.24) is 20.4 Å². The number of aryl methyl sites for hydroxylation is 1. The van der Waals surface area contributed by atoms with Crippen LogP contribution in [0.2, 0.25) is 0 Å². The summed E-state index contributed by atoms with van der Waals surface area (Å²) < 4.78 is 4.73. The maximum Gasteiger partial charge on any atom is 0.315 e. The van der Waals surface area contributed by atoms with E-state index in [1.807, 2.05) is 6.07 Å². The molecule has 0 unspecified atom stereocenters. The zero-order valence-corrected chi connectivity index (χ0v) is 8.67. The third-order valence-corrected chi connectivity index (χ3v) is 1.90. The van der Waals surface area contributed by atoms with Gasteiger partial charge in [-0.2, -0.15) is 4.98 Å². The first kappa shape index (κ1) is 10.3. The van der Waals surface area contributed by atoms with E-state index >= 15 is 0 Å². The standard InChI is InChI=1S/C10H10N4O2/c1-7-13-10(16-14-7)9(15)12-6-8-3-2-4-11-5-8/h2-5H,6H2,1H3,(H,12,15). The van der Waals surface area contributed by atoms with Crippen LogP contribution in [0.4, 0.5) is 0 Å². The summed E-state index contributed by atoms with van der Waals surface area (Å²) >= 11 is 0. The van der Waals surface area contributed by atoms with Crippen LogP contribution >= 0.6 is 0 Å². The summed E-state index contributed by atoms with van der Waals surface area (Å²) in [5, 5.41) is 6.19. The number of carbonyl (C=O) groups excluding carboxylic acids is 1. The predicted octanol–water partition coefficient (Wildman–Crippen LogP) is 0.703. The second kappa shape index (κ2) is 4.52. The first-order valence-electron chi connectivity index (χ1n) is 4.73. The monoisotopic (exact) mass is 218 g/mol. The topological polar surface area (TPSA) is 80.9 Å². The number of aromatic nitrogens is 3. The van der Waals surface area contributed by atoms with Crippen LogP contribution in [0, 0.1) is 6.92 Å². The summed E-state index contributed by atoms with van der Waals surface area (Å²) in [7, 11) is 0. The Balaban J connectivity index is 1.94. The van der Waals surface area contributed by atoms with E-state index in [2.05, 4.69) is 20.4 Å². The van der Waals surface area contributed by atoms with Crippen molar-refractivity contribution in [2.24, 2.45) is 0 Å². The normalized spacial score (nSPS) is 10.1. The average Bonchev–Trinajstić information content (AvgIpc) is 2.74. The molecule has 0 saturated heterocycles. The van der Waals surface area contributed by atoms with Gasteiger partial charge in [0.05, 0.1) is 0 Å². The molecule has 0 aliphatic heterocycles. The quantitative estimate of drug-likeness (QED) is 0.820. The van der Waals surface area contributed by atoms with Crippen LogP contribution in [0.3, 0.4) is 0 Å². The minimum atomic E-state index is -0.385. The number of nitrogens with one attached hydrogen (secondary N) is 1. The zero-order chi connectivity index (χ0) is 11.4. The number of pyridine rings is 1. The molecule has 6 heteroatoms. The average molecular weight is 218 g/mol. The van der Waals surface area contributed by atoms with Gasteiger partial charge >= 0.3 is 11.8 Å². The van der Waals surface area contributed by atoms with Gasteiger partial charge in [0.2, 0.25) is 0 Å². The van der Waals surface area contributed by atoms with Gasteiger partial charge < -0.3 is 9.84 Å². The third kappa shape index (κ3) is 2.41. The Morgan fingerprint density at radius 2 is 2.44 bits per heavy atom. The van der Waals surface area contributed by atoms with E-state index in [0.717, 1.165) is 5.56 Å². The fourth-order valence-corrected chi connectivity index (χ4v) is 1.15. The maximum absolute atomic E-state index is 11.5. The van der Waals surface area contributed by atoms with Crippen molar-refractivity contribution in [2.45, 2.75) is 13.5 Å². The highest BCUT2D eigenvalue weighted by Crippen LogP contribution is 1.98. The number of rotatable bonds is 3. The molecule has 82 valence electrons. The molecule has 2 aromatic rings. The molecule has 0 radical (unpaired) electrons. The van der Waals surface area contributed by atoms with Crippen LogP contribution in [0.5, 0.6) is 0 Å². The van der Waals surface area contributed by atoms with E-state index in [4.69, 9.17) is 4.52 Å². The van der Waals surface area contributed by atoms with Crippen LogP contribution in [-0.2, 0) is 6.54 Å². The fraction of sp³-hybridized carbons (Fsp3) is 0.200. The molecule has 1 amide bonds. The van der Waals surface area contributed by atoms with Crippen LogP contribution < -0.4 is 5.32 Å². The number of hydrogen-bond acceptors (Lipinski definition) is 5. The molecule has 2 heterocycles. The lowest BCUT2D eigenvalue weighted by atomic mass is 10.3. The highest BCUT2D eigenvalue weighted by molar-refractivity contribution is 5.89. The van der Waals surface area contributed by atoms with Crippen LogP contribution in [0.1, 0.15) is 22.1 Å². The smallest absolute Gasteiger partial charge is 0.315 e. The molecule has 2 rings (SSSR count). The molecule has 0 aromatic carbocycles. The van der Waals surface area contributed by atoms with Gasteiger partial charge in [0.25, 0.3) is 0 Å². The van der Waals surface area contributed by atoms with Crippen molar-refractivity contribution < 1.29 is 9.32 Å². The van der Waals surface area contributed by atoms with E-state index in [9.17, 15) is 4.79 Å². The van der Waals surface area contributed by atoms with Crippen LogP contribution in [0.25, 0.3) is 0 Å². The van der Waals surface area contributed by atoms with Gasteiger partial charge in [-0.15, -0.1) is 0 Å². The lowest BCUT2D eigenvalue weighted by Crippen LogP contribution is -2.23. The summed E-state index contributed by atoms with van der Waals surface area (Å²) in [5.41, 5.74) is 0.909. The summed E-state index contributed by atoms with van der Waals surface area (Å²) in [5.74, 6) is 0.0253. The summed E-state index contributed by atoms with van der Waals surface area (Å²) in [6.45, 7) is 2.04. The van der Waals surface area contributed by atoms with Gasteiger partial charge in [0.15, 0.2) is 5.82 Å². The van der Waals surface area contributed by atoms with Crippen molar-refractivity contribution in [2.75, 3.05) is 0 Å². The van der Waals surface area contributed by atoms with E-state index < -0.39 is 0 Å². The molecule has 0 atom stereocenters. The van der Waals surface area contributed by atoms with E-state index in [1.54, 1.807) is 25.4 Å². The van der Waals surface area contributed by atoms with Gasteiger partial charge in [-0.25, -0.2) is 0 Å². The SMILES string of the molecule is Cc1noc(C(=O)NCc2cccnc2)n1. The third-order valence-electron chi connectivity index (χ3n) is 1.90. The van der Waals surface area contributed by atoms with Gasteiger partial charge in [-0.1, -0.05) is 11.2 Å². The second-order valence-electron chi connectivity index (χ2n) is 3.19. The van der Waals surface area contributed by atoms with Crippen LogP contribution in [0.15, 0.2) is 29.0 Å². The van der Waals surface area contributed by atoms with Gasteiger partial charge in [-0.05, 0) is 18.6 Å². The Hall–Kier alpha value is -2.24. The predicted molar refractivity (Wildman–Crippen MR) is 54.4 cm³/mol. The maximum atomic E-state index is 11.5. The fourth-order valence-electron chi connectivity index (χ4n) is 1.15. The lowest BCUT2D eigenvalue weighted by Gasteiger charge is -2.00. The summed E-state index contributed by atoms with van der Waals surface area (Å²) in [6.07, 6.45) is 3.35. The first-order valence-corrected chi connectivity index (χ1v) is 4.73. The Bertz CT molecular complexity index is 481. The van der Waals surface area contributed by atoms with E-state index in [0.29, 0.717) is 12.4 Å². The minimum Gasteiger partial charge on any atom is -0.344 e. The Labute approximate surface area is 91.7 Å². The van der Waals surface area contributed by atoms with Gasteiger partial charge in [-0.3, -0.25) is 9.78 Å². The molecule has 0 spiro atoms. The number of carbonyl (C=O) groups is 1.